The van der Waals surface area contributed by atoms with Crippen molar-refractivity contribution < 1.29 is 9.26 Å². The van der Waals surface area contributed by atoms with Gasteiger partial charge >= 0.3 is 0 Å². The van der Waals surface area contributed by atoms with Crippen LogP contribution in [-0.4, -0.2) is 23.3 Å². The number of ether oxygens (including phenoxy) is 1. The molecule has 3 rings (SSSR count). The highest BCUT2D eigenvalue weighted by Gasteiger charge is 2.20. The van der Waals surface area contributed by atoms with Crippen molar-refractivity contribution in [1.29, 1.82) is 0 Å². The zero-order valence-corrected chi connectivity index (χ0v) is 11.6. The number of benzene rings is 1. The van der Waals surface area contributed by atoms with E-state index in [1.807, 2.05) is 12.1 Å². The van der Waals surface area contributed by atoms with Gasteiger partial charge in [0.05, 0.1) is 13.7 Å². The average molecular weight is 273 g/mol. The van der Waals surface area contributed by atoms with Gasteiger partial charge in [0.15, 0.2) is 5.82 Å². The lowest BCUT2D eigenvalue weighted by molar-refractivity contribution is 0.371. The molecule has 0 spiro atoms. The monoisotopic (exact) mass is 273 g/mol. The second-order valence-electron chi connectivity index (χ2n) is 5.11. The van der Waals surface area contributed by atoms with Crippen LogP contribution in [-0.2, 0) is 19.4 Å². The summed E-state index contributed by atoms with van der Waals surface area (Å²) in [7, 11) is 1.67. The fourth-order valence-electron chi connectivity index (χ4n) is 2.03. The first-order chi connectivity index (χ1) is 9.83. The van der Waals surface area contributed by atoms with Crippen LogP contribution in [0, 0.1) is 0 Å². The Kier molecular flexibility index (Phi) is 3.97. The van der Waals surface area contributed by atoms with E-state index in [1.165, 1.54) is 18.4 Å². The number of aromatic nitrogens is 2. The molecule has 0 unspecified atom stereocenters. The number of nitrogens with zero attached hydrogens (tertiary/aromatic N) is 2. The Labute approximate surface area is 118 Å². The maximum Gasteiger partial charge on any atom is 0.227 e. The first-order valence-electron chi connectivity index (χ1n) is 7.01. The molecule has 1 fully saturated rings. The van der Waals surface area contributed by atoms with Crippen LogP contribution in [0.1, 0.15) is 30.1 Å². The molecule has 0 bridgehead atoms. The minimum atomic E-state index is 0.663. The third kappa shape index (κ3) is 3.57. The van der Waals surface area contributed by atoms with Crippen molar-refractivity contribution in [2.24, 2.45) is 0 Å². The molecular weight excluding hydrogens is 254 g/mol. The lowest BCUT2D eigenvalue weighted by Crippen LogP contribution is -2.16. The van der Waals surface area contributed by atoms with Crippen molar-refractivity contribution in [1.82, 2.24) is 15.5 Å². The Bertz CT molecular complexity index is 547. The highest BCUT2D eigenvalue weighted by atomic mass is 16.5. The quantitative estimate of drug-likeness (QED) is 0.837. The van der Waals surface area contributed by atoms with Gasteiger partial charge in [-0.1, -0.05) is 17.3 Å². The fourth-order valence-corrected chi connectivity index (χ4v) is 2.03. The van der Waals surface area contributed by atoms with Crippen LogP contribution in [0.4, 0.5) is 0 Å². The molecule has 5 nitrogen and oxygen atoms in total. The molecule has 1 saturated carbocycles. The molecule has 2 aromatic rings. The zero-order chi connectivity index (χ0) is 13.8. The topological polar surface area (TPSA) is 60.2 Å². The van der Waals surface area contributed by atoms with Crippen LogP contribution in [0.15, 0.2) is 28.8 Å². The predicted octanol–water partition coefficient (Wildman–Crippen LogP) is 2.12. The summed E-state index contributed by atoms with van der Waals surface area (Å²) in [5.74, 6) is 2.33. The Morgan fingerprint density at radius 3 is 2.75 bits per heavy atom. The van der Waals surface area contributed by atoms with Crippen LogP contribution in [0.3, 0.4) is 0 Å². The first kappa shape index (κ1) is 13.1. The van der Waals surface area contributed by atoms with Crippen LogP contribution in [0.5, 0.6) is 5.75 Å². The van der Waals surface area contributed by atoms with Crippen LogP contribution >= 0.6 is 0 Å². The maximum absolute atomic E-state index is 5.26. The molecule has 1 N–H and O–H groups in total. The highest BCUT2D eigenvalue weighted by Crippen LogP contribution is 2.19. The molecule has 0 radical (unpaired) electrons. The molecule has 5 heteroatoms. The van der Waals surface area contributed by atoms with E-state index in [9.17, 15) is 0 Å². The van der Waals surface area contributed by atoms with E-state index >= 15 is 0 Å². The number of methoxy groups -OCH3 is 1. The number of rotatable bonds is 7. The average Bonchev–Trinajstić information content (AvgIpc) is 3.22. The van der Waals surface area contributed by atoms with Crippen molar-refractivity contribution in [3.63, 3.8) is 0 Å². The third-order valence-electron chi connectivity index (χ3n) is 3.42. The van der Waals surface area contributed by atoms with E-state index in [-0.39, 0.29) is 0 Å². The molecule has 1 aliphatic carbocycles. The van der Waals surface area contributed by atoms with E-state index in [1.54, 1.807) is 7.11 Å². The molecule has 106 valence electrons. The summed E-state index contributed by atoms with van der Waals surface area (Å²) in [6.07, 6.45) is 4.19. The van der Waals surface area contributed by atoms with Crippen molar-refractivity contribution in [2.45, 2.75) is 38.3 Å². The Morgan fingerprint density at radius 2 is 2.05 bits per heavy atom. The normalized spacial score (nSPS) is 14.4. The maximum atomic E-state index is 5.26. The Morgan fingerprint density at radius 1 is 1.25 bits per heavy atom. The van der Waals surface area contributed by atoms with Gasteiger partial charge in [0.1, 0.15) is 5.75 Å². The van der Waals surface area contributed by atoms with E-state index in [4.69, 9.17) is 9.26 Å². The Hall–Kier alpha value is -1.88. The molecule has 1 heterocycles. The lowest BCUT2D eigenvalue weighted by Gasteiger charge is -2.01. The summed E-state index contributed by atoms with van der Waals surface area (Å²) in [5.41, 5.74) is 1.24. The Balaban J connectivity index is 1.49. The number of nitrogens with one attached hydrogen (secondary N) is 1. The second kappa shape index (κ2) is 6.05. The highest BCUT2D eigenvalue weighted by molar-refractivity contribution is 5.27. The van der Waals surface area contributed by atoms with E-state index < -0.39 is 0 Å². The molecule has 1 aromatic heterocycles. The van der Waals surface area contributed by atoms with E-state index in [0.717, 1.165) is 24.4 Å². The van der Waals surface area contributed by atoms with Gasteiger partial charge in [0.25, 0.3) is 0 Å². The van der Waals surface area contributed by atoms with Crippen LogP contribution < -0.4 is 10.1 Å². The summed E-state index contributed by atoms with van der Waals surface area (Å²) in [6, 6.07) is 8.72. The minimum Gasteiger partial charge on any atom is -0.497 e. The van der Waals surface area contributed by atoms with E-state index in [2.05, 4.69) is 27.6 Å². The number of aryl methyl sites for hydroxylation is 2. The van der Waals surface area contributed by atoms with Gasteiger partial charge in [-0.05, 0) is 37.0 Å². The molecule has 20 heavy (non-hydrogen) atoms. The number of hydrogen-bond donors (Lipinski definition) is 1. The third-order valence-corrected chi connectivity index (χ3v) is 3.42. The molecule has 1 aliphatic rings. The van der Waals surface area contributed by atoms with Gasteiger partial charge in [-0.2, -0.15) is 4.98 Å². The molecule has 0 amide bonds. The van der Waals surface area contributed by atoms with Gasteiger partial charge in [0.2, 0.25) is 5.89 Å². The SMILES string of the molecule is COc1ccc(CCc2nc(CNC3CC3)no2)cc1. The molecule has 0 saturated heterocycles. The smallest absolute Gasteiger partial charge is 0.227 e. The fraction of sp³-hybridized carbons (Fsp3) is 0.467. The van der Waals surface area contributed by atoms with Crippen molar-refractivity contribution in [3.8, 4) is 5.75 Å². The van der Waals surface area contributed by atoms with E-state index in [0.29, 0.717) is 18.5 Å². The van der Waals surface area contributed by atoms with Gasteiger partial charge in [-0.3, -0.25) is 0 Å². The van der Waals surface area contributed by atoms with Gasteiger partial charge < -0.3 is 14.6 Å². The van der Waals surface area contributed by atoms with Crippen molar-refractivity contribution in [3.05, 3.63) is 41.5 Å². The zero-order valence-electron chi connectivity index (χ0n) is 11.6. The van der Waals surface area contributed by atoms with Gasteiger partial charge in [-0.15, -0.1) is 0 Å². The second-order valence-corrected chi connectivity index (χ2v) is 5.11. The van der Waals surface area contributed by atoms with Gasteiger partial charge in [-0.25, -0.2) is 0 Å². The summed E-state index contributed by atoms with van der Waals surface area (Å²) in [4.78, 5) is 4.39. The summed E-state index contributed by atoms with van der Waals surface area (Å²) >= 11 is 0. The first-order valence-corrected chi connectivity index (χ1v) is 7.01. The standard InChI is InChI=1S/C15H19N3O2/c1-19-13-7-2-11(3-8-13)4-9-15-17-14(18-20-15)10-16-12-5-6-12/h2-3,7-8,12,16H,4-6,9-10H2,1H3. The van der Waals surface area contributed by atoms with Crippen molar-refractivity contribution in [2.75, 3.05) is 7.11 Å². The summed E-state index contributed by atoms with van der Waals surface area (Å²) in [6.45, 7) is 0.705. The van der Waals surface area contributed by atoms with Gasteiger partial charge in [0, 0.05) is 12.5 Å². The van der Waals surface area contributed by atoms with Crippen LogP contribution in [0.25, 0.3) is 0 Å². The molecule has 0 aliphatic heterocycles. The largest absolute Gasteiger partial charge is 0.497 e. The minimum absolute atomic E-state index is 0.663. The summed E-state index contributed by atoms with van der Waals surface area (Å²) in [5, 5.41) is 7.36. The molecule has 1 aromatic carbocycles. The lowest BCUT2D eigenvalue weighted by atomic mass is 10.1. The predicted molar refractivity (Wildman–Crippen MR) is 74.6 cm³/mol. The van der Waals surface area contributed by atoms with Crippen molar-refractivity contribution >= 4 is 0 Å². The number of hydrogen-bond acceptors (Lipinski definition) is 5. The molecule has 0 atom stereocenters. The van der Waals surface area contributed by atoms with Crippen LogP contribution in [0.2, 0.25) is 0 Å². The summed E-state index contributed by atoms with van der Waals surface area (Å²) < 4.78 is 10.4. The molecular formula is C15H19N3O2.